The Labute approximate surface area is 146 Å². The molecule has 3 rings (SSSR count). The van der Waals surface area contributed by atoms with Gasteiger partial charge >= 0.3 is 6.09 Å². The Morgan fingerprint density at radius 1 is 1.12 bits per heavy atom. The first-order chi connectivity index (χ1) is 11.8. The van der Waals surface area contributed by atoms with Gasteiger partial charge in [0.1, 0.15) is 6.61 Å². The molecule has 0 unspecified atom stereocenters. The summed E-state index contributed by atoms with van der Waals surface area (Å²) in [4.78, 5) is 11.9. The Kier molecular flexibility index (Phi) is 4.78. The van der Waals surface area contributed by atoms with Crippen LogP contribution in [-0.2, 0) is 14.9 Å². The van der Waals surface area contributed by atoms with E-state index in [1.165, 1.54) is 6.92 Å². The number of hydrogen-bond donors (Lipinski definition) is 2. The van der Waals surface area contributed by atoms with Gasteiger partial charge in [-0.05, 0) is 29.2 Å². The van der Waals surface area contributed by atoms with Crippen molar-refractivity contribution in [3.8, 4) is 11.1 Å². The molecule has 0 saturated heterocycles. The molecule has 6 nitrogen and oxygen atoms in total. The Morgan fingerprint density at radius 2 is 1.64 bits per heavy atom. The van der Waals surface area contributed by atoms with Crippen molar-refractivity contribution in [1.82, 2.24) is 5.32 Å². The molecule has 1 aliphatic rings. The molecule has 1 aliphatic carbocycles. The van der Waals surface area contributed by atoms with Gasteiger partial charge in [-0.2, -0.15) is 8.42 Å². The van der Waals surface area contributed by atoms with Crippen LogP contribution < -0.4 is 5.32 Å². The second-order valence-corrected chi connectivity index (χ2v) is 7.62. The van der Waals surface area contributed by atoms with Crippen molar-refractivity contribution < 1.29 is 22.5 Å². The highest BCUT2D eigenvalue weighted by molar-refractivity contribution is 7.85. The van der Waals surface area contributed by atoms with Gasteiger partial charge in [0.15, 0.2) is 0 Å². The number of fused-ring (bicyclic) bond motifs is 3. The maximum absolute atomic E-state index is 11.9. The van der Waals surface area contributed by atoms with Crippen LogP contribution in [0.25, 0.3) is 11.1 Å². The summed E-state index contributed by atoms with van der Waals surface area (Å²) in [7, 11) is -4.15. The first-order valence-electron chi connectivity index (χ1n) is 7.92. The quantitative estimate of drug-likeness (QED) is 0.799. The molecule has 0 aromatic heterocycles. The van der Waals surface area contributed by atoms with Crippen LogP contribution in [0.1, 0.15) is 24.0 Å². The predicted molar refractivity (Wildman–Crippen MR) is 94.1 cm³/mol. The first kappa shape index (κ1) is 17.4. The molecule has 1 atom stereocenters. The number of benzene rings is 2. The van der Waals surface area contributed by atoms with Crippen molar-refractivity contribution >= 4 is 16.2 Å². The molecule has 0 aliphatic heterocycles. The van der Waals surface area contributed by atoms with Gasteiger partial charge in [-0.3, -0.25) is 4.55 Å². The van der Waals surface area contributed by atoms with E-state index < -0.39 is 28.0 Å². The zero-order chi connectivity index (χ0) is 18.0. The number of ether oxygens (including phenoxy) is 1. The van der Waals surface area contributed by atoms with Crippen molar-refractivity contribution in [2.75, 3.05) is 12.4 Å². The Bertz CT molecular complexity index is 848. The lowest BCUT2D eigenvalue weighted by molar-refractivity contribution is 0.140. The van der Waals surface area contributed by atoms with Crippen molar-refractivity contribution in [2.24, 2.45) is 0 Å². The highest BCUT2D eigenvalue weighted by Crippen LogP contribution is 2.44. The van der Waals surface area contributed by atoms with Gasteiger partial charge in [-0.15, -0.1) is 0 Å². The fourth-order valence-corrected chi connectivity index (χ4v) is 3.91. The smallest absolute Gasteiger partial charge is 0.407 e. The molecule has 0 fully saturated rings. The predicted octanol–water partition coefficient (Wildman–Crippen LogP) is 2.80. The minimum Gasteiger partial charge on any atom is -0.449 e. The van der Waals surface area contributed by atoms with Crippen LogP contribution in [0.5, 0.6) is 0 Å². The summed E-state index contributed by atoms with van der Waals surface area (Å²) in [6, 6.07) is 15.2. The zero-order valence-electron chi connectivity index (χ0n) is 13.7. The minimum absolute atomic E-state index is 0.0602. The molecule has 0 heterocycles. The minimum atomic E-state index is -4.15. The number of alkyl carbamates (subject to hydrolysis) is 1. The molecule has 2 aromatic carbocycles. The summed E-state index contributed by atoms with van der Waals surface area (Å²) < 4.78 is 35.8. The van der Waals surface area contributed by atoms with Crippen LogP contribution in [0.2, 0.25) is 0 Å². The van der Waals surface area contributed by atoms with Crippen LogP contribution in [-0.4, -0.2) is 37.5 Å². The fraction of sp³-hybridized carbons (Fsp3) is 0.278. The van der Waals surface area contributed by atoms with E-state index >= 15 is 0 Å². The normalized spacial score (nSPS) is 14.5. The first-order valence-corrected chi connectivity index (χ1v) is 9.53. The summed E-state index contributed by atoms with van der Waals surface area (Å²) in [5.41, 5.74) is 4.46. The van der Waals surface area contributed by atoms with E-state index in [1.54, 1.807) is 0 Å². The van der Waals surface area contributed by atoms with Gasteiger partial charge in [-0.25, -0.2) is 4.79 Å². The number of nitrogens with one attached hydrogen (secondary N) is 1. The molecule has 25 heavy (non-hydrogen) atoms. The molecule has 0 saturated carbocycles. The van der Waals surface area contributed by atoms with E-state index in [4.69, 9.17) is 9.29 Å². The van der Waals surface area contributed by atoms with Crippen molar-refractivity contribution in [2.45, 2.75) is 18.9 Å². The maximum Gasteiger partial charge on any atom is 0.407 e. The van der Waals surface area contributed by atoms with E-state index in [-0.39, 0.29) is 12.5 Å². The number of hydrogen-bond acceptors (Lipinski definition) is 4. The summed E-state index contributed by atoms with van der Waals surface area (Å²) in [5.74, 6) is -0.618. The average Bonchev–Trinajstić information content (AvgIpc) is 2.85. The van der Waals surface area contributed by atoms with Crippen molar-refractivity contribution in [1.29, 1.82) is 0 Å². The molecular formula is C18H19NO5S. The molecule has 1 amide bonds. The van der Waals surface area contributed by atoms with Gasteiger partial charge in [0.2, 0.25) is 0 Å². The Balaban J connectivity index is 1.68. The number of rotatable bonds is 5. The van der Waals surface area contributed by atoms with E-state index in [1.807, 2.05) is 48.5 Å². The lowest BCUT2D eigenvalue weighted by Gasteiger charge is -2.16. The summed E-state index contributed by atoms with van der Waals surface area (Å²) in [6.07, 6.45) is -0.710. The topological polar surface area (TPSA) is 92.7 Å². The van der Waals surface area contributed by atoms with Gasteiger partial charge in [0.25, 0.3) is 10.1 Å². The molecule has 2 N–H and O–H groups in total. The van der Waals surface area contributed by atoms with Crippen LogP contribution >= 0.6 is 0 Å². The second-order valence-electron chi connectivity index (χ2n) is 6.12. The highest BCUT2D eigenvalue weighted by atomic mass is 32.2. The van der Waals surface area contributed by atoms with Gasteiger partial charge in [-0.1, -0.05) is 48.5 Å². The van der Waals surface area contributed by atoms with E-state index in [9.17, 15) is 13.2 Å². The molecule has 7 heteroatoms. The third-order valence-corrected chi connectivity index (χ3v) is 5.09. The number of carbonyl (C=O) groups is 1. The molecule has 0 radical (unpaired) electrons. The number of amides is 1. The van der Waals surface area contributed by atoms with Gasteiger partial charge in [0.05, 0.1) is 5.75 Å². The largest absolute Gasteiger partial charge is 0.449 e. The molecule has 2 aromatic rings. The summed E-state index contributed by atoms with van der Waals surface area (Å²) in [5, 5.41) is 2.41. The molecule has 0 spiro atoms. The highest BCUT2D eigenvalue weighted by Gasteiger charge is 2.29. The SMILES string of the molecule is C[C@H](CS(=O)(=O)O)NC(=O)OCC1c2ccccc2-c2ccccc21. The van der Waals surface area contributed by atoms with Crippen LogP contribution in [0.3, 0.4) is 0 Å². The fourth-order valence-electron chi connectivity index (χ4n) is 3.20. The lowest BCUT2D eigenvalue weighted by Crippen LogP contribution is -2.38. The lowest BCUT2D eigenvalue weighted by atomic mass is 9.98. The third kappa shape index (κ3) is 4.00. The monoisotopic (exact) mass is 361 g/mol. The molecule has 0 bridgehead atoms. The zero-order valence-corrected chi connectivity index (χ0v) is 14.5. The average molecular weight is 361 g/mol. The van der Waals surface area contributed by atoms with Crippen molar-refractivity contribution in [3.63, 3.8) is 0 Å². The Hall–Kier alpha value is -2.38. The van der Waals surface area contributed by atoms with Crippen LogP contribution in [0.4, 0.5) is 4.79 Å². The number of carbonyl (C=O) groups excluding carboxylic acids is 1. The van der Waals surface area contributed by atoms with E-state index in [0.29, 0.717) is 0 Å². The molecule has 132 valence electrons. The van der Waals surface area contributed by atoms with E-state index in [2.05, 4.69) is 5.32 Å². The Morgan fingerprint density at radius 3 is 2.16 bits per heavy atom. The van der Waals surface area contributed by atoms with Crippen molar-refractivity contribution in [3.05, 3.63) is 59.7 Å². The van der Waals surface area contributed by atoms with Gasteiger partial charge < -0.3 is 10.1 Å². The second kappa shape index (κ2) is 6.85. The van der Waals surface area contributed by atoms with E-state index in [0.717, 1.165) is 22.3 Å². The standard InChI is InChI=1S/C18H19NO5S/c1-12(11-25(21,22)23)19-18(20)24-10-17-15-8-4-2-6-13(15)14-7-3-5-9-16(14)17/h2-9,12,17H,10-11H2,1H3,(H,19,20)(H,21,22,23)/t12-/m1/s1. The summed E-state index contributed by atoms with van der Waals surface area (Å²) >= 11 is 0. The van der Waals surface area contributed by atoms with Gasteiger partial charge in [0, 0.05) is 12.0 Å². The summed E-state index contributed by atoms with van der Waals surface area (Å²) in [6.45, 7) is 1.63. The third-order valence-electron chi connectivity index (χ3n) is 4.17. The van der Waals surface area contributed by atoms with Crippen LogP contribution in [0.15, 0.2) is 48.5 Å². The maximum atomic E-state index is 11.9. The molecular weight excluding hydrogens is 342 g/mol. The van der Waals surface area contributed by atoms with Crippen LogP contribution in [0, 0.1) is 0 Å².